The van der Waals surface area contributed by atoms with E-state index in [9.17, 15) is 14.4 Å². The average Bonchev–Trinajstić information content (AvgIpc) is 3.01. The molecule has 1 aliphatic rings. The van der Waals surface area contributed by atoms with Gasteiger partial charge in [-0.15, -0.1) is 0 Å². The van der Waals surface area contributed by atoms with Gasteiger partial charge in [0, 0.05) is 6.54 Å². The van der Waals surface area contributed by atoms with Gasteiger partial charge in [-0.3, -0.25) is 14.5 Å². The standard InChI is InChI=1S/C24H23N3O4/c1-24(20-9-5-7-17-6-3-4-8-19(17)20)22(29)27(23(30)26-24)15-21(28)25-14-16-10-12-18(31-2)13-11-16/h3-13H,14-15H2,1-2H3,(H,25,28)(H,26,30)/t24-/m1/s1. The maximum Gasteiger partial charge on any atom is 0.325 e. The topological polar surface area (TPSA) is 87.7 Å². The van der Waals surface area contributed by atoms with E-state index in [1.54, 1.807) is 26.2 Å². The zero-order chi connectivity index (χ0) is 22.0. The number of hydrogen-bond donors (Lipinski definition) is 2. The van der Waals surface area contributed by atoms with Gasteiger partial charge in [0.25, 0.3) is 5.91 Å². The molecule has 0 aromatic heterocycles. The number of ether oxygens (including phenoxy) is 1. The largest absolute Gasteiger partial charge is 0.497 e. The first-order chi connectivity index (χ1) is 14.9. The van der Waals surface area contributed by atoms with Crippen LogP contribution in [-0.4, -0.2) is 36.4 Å². The second-order valence-electron chi connectivity index (χ2n) is 7.60. The number of carbonyl (C=O) groups is 3. The van der Waals surface area contributed by atoms with Gasteiger partial charge >= 0.3 is 6.03 Å². The van der Waals surface area contributed by atoms with Gasteiger partial charge in [0.2, 0.25) is 5.91 Å². The quantitative estimate of drug-likeness (QED) is 0.604. The maximum absolute atomic E-state index is 13.2. The Kier molecular flexibility index (Phi) is 5.33. The van der Waals surface area contributed by atoms with Gasteiger partial charge in [0.05, 0.1) is 7.11 Å². The van der Waals surface area contributed by atoms with Crippen molar-refractivity contribution in [1.82, 2.24) is 15.5 Å². The number of hydrogen-bond acceptors (Lipinski definition) is 4. The molecule has 7 heteroatoms. The number of amides is 4. The monoisotopic (exact) mass is 417 g/mol. The number of benzene rings is 3. The van der Waals surface area contributed by atoms with Gasteiger partial charge in [-0.1, -0.05) is 54.6 Å². The number of methoxy groups -OCH3 is 1. The highest BCUT2D eigenvalue weighted by Gasteiger charge is 2.50. The molecule has 1 aliphatic heterocycles. The highest BCUT2D eigenvalue weighted by atomic mass is 16.5. The molecular weight excluding hydrogens is 394 g/mol. The first-order valence-corrected chi connectivity index (χ1v) is 9.94. The molecule has 4 amide bonds. The summed E-state index contributed by atoms with van der Waals surface area (Å²) in [5.41, 5.74) is 0.339. The van der Waals surface area contributed by atoms with E-state index in [0.717, 1.165) is 27.0 Å². The van der Waals surface area contributed by atoms with E-state index in [2.05, 4.69) is 10.6 Å². The minimum absolute atomic E-state index is 0.285. The number of fused-ring (bicyclic) bond motifs is 1. The lowest BCUT2D eigenvalue weighted by Gasteiger charge is -2.24. The lowest BCUT2D eigenvalue weighted by Crippen LogP contribution is -2.43. The van der Waals surface area contributed by atoms with E-state index in [1.165, 1.54) is 0 Å². The summed E-state index contributed by atoms with van der Waals surface area (Å²) in [6.07, 6.45) is 0. The minimum atomic E-state index is -1.24. The number of urea groups is 1. The Hall–Kier alpha value is -3.87. The fourth-order valence-electron chi connectivity index (χ4n) is 3.83. The number of nitrogens with zero attached hydrogens (tertiary/aromatic N) is 1. The molecule has 0 saturated carbocycles. The molecule has 0 unspecified atom stereocenters. The summed E-state index contributed by atoms with van der Waals surface area (Å²) in [5.74, 6) is -0.142. The molecule has 4 rings (SSSR count). The second-order valence-corrected chi connectivity index (χ2v) is 7.60. The number of imide groups is 1. The Bertz CT molecular complexity index is 1150. The fraction of sp³-hybridized carbons (Fsp3) is 0.208. The third kappa shape index (κ3) is 3.82. The van der Waals surface area contributed by atoms with Crippen molar-refractivity contribution in [3.8, 4) is 5.75 Å². The van der Waals surface area contributed by atoms with Crippen LogP contribution in [-0.2, 0) is 21.7 Å². The van der Waals surface area contributed by atoms with Crippen LogP contribution in [0.1, 0.15) is 18.1 Å². The SMILES string of the molecule is COc1ccc(CNC(=O)CN2C(=O)N[C@](C)(c3cccc4ccccc34)C2=O)cc1. The number of carbonyl (C=O) groups excluding carboxylic acids is 3. The molecular formula is C24H23N3O4. The Labute approximate surface area is 180 Å². The molecule has 2 N–H and O–H groups in total. The molecule has 0 aliphatic carbocycles. The first-order valence-electron chi connectivity index (χ1n) is 9.94. The van der Waals surface area contributed by atoms with Gasteiger partial charge in [-0.25, -0.2) is 4.79 Å². The van der Waals surface area contributed by atoms with Crippen LogP contribution in [0.3, 0.4) is 0 Å². The summed E-state index contributed by atoms with van der Waals surface area (Å²) in [6.45, 7) is 1.61. The van der Waals surface area contributed by atoms with E-state index < -0.39 is 23.4 Å². The molecule has 0 spiro atoms. The maximum atomic E-state index is 13.2. The average molecular weight is 417 g/mol. The fourth-order valence-corrected chi connectivity index (χ4v) is 3.83. The molecule has 3 aromatic carbocycles. The van der Waals surface area contributed by atoms with Crippen molar-refractivity contribution in [2.24, 2.45) is 0 Å². The summed E-state index contributed by atoms with van der Waals surface area (Å²) in [5, 5.41) is 7.37. The molecule has 1 saturated heterocycles. The van der Waals surface area contributed by atoms with Gasteiger partial charge in [-0.2, -0.15) is 0 Å². The van der Waals surface area contributed by atoms with Gasteiger partial charge in [-0.05, 0) is 41.0 Å². The summed E-state index contributed by atoms with van der Waals surface area (Å²) in [4.78, 5) is 39.2. The van der Waals surface area contributed by atoms with Crippen molar-refractivity contribution < 1.29 is 19.1 Å². The number of rotatable bonds is 6. The predicted molar refractivity (Wildman–Crippen MR) is 116 cm³/mol. The van der Waals surface area contributed by atoms with E-state index in [1.807, 2.05) is 54.6 Å². The van der Waals surface area contributed by atoms with Gasteiger partial charge in [0.1, 0.15) is 17.8 Å². The molecule has 158 valence electrons. The molecule has 1 heterocycles. The van der Waals surface area contributed by atoms with Crippen molar-refractivity contribution in [3.63, 3.8) is 0 Å². The van der Waals surface area contributed by atoms with Crippen LogP contribution in [0.2, 0.25) is 0 Å². The minimum Gasteiger partial charge on any atom is -0.497 e. The van der Waals surface area contributed by atoms with E-state index in [4.69, 9.17) is 4.74 Å². The molecule has 1 fully saturated rings. The third-order valence-electron chi connectivity index (χ3n) is 5.55. The van der Waals surface area contributed by atoms with Crippen molar-refractivity contribution in [3.05, 3.63) is 77.9 Å². The zero-order valence-electron chi connectivity index (χ0n) is 17.3. The lowest BCUT2D eigenvalue weighted by atomic mass is 9.88. The van der Waals surface area contributed by atoms with Crippen LogP contribution in [0.15, 0.2) is 66.7 Å². The van der Waals surface area contributed by atoms with Crippen LogP contribution in [0, 0.1) is 0 Å². The Balaban J connectivity index is 1.48. The normalized spacial score (nSPS) is 18.2. The summed E-state index contributed by atoms with van der Waals surface area (Å²) in [7, 11) is 1.58. The zero-order valence-corrected chi connectivity index (χ0v) is 17.3. The van der Waals surface area contributed by atoms with Crippen LogP contribution >= 0.6 is 0 Å². The van der Waals surface area contributed by atoms with E-state index >= 15 is 0 Å². The molecule has 7 nitrogen and oxygen atoms in total. The summed E-state index contributed by atoms with van der Waals surface area (Å²) < 4.78 is 5.11. The van der Waals surface area contributed by atoms with Crippen molar-refractivity contribution >= 4 is 28.6 Å². The summed E-state index contributed by atoms with van der Waals surface area (Å²) in [6, 6.07) is 20.0. The Morgan fingerprint density at radius 1 is 1.03 bits per heavy atom. The predicted octanol–water partition coefficient (Wildman–Crippen LogP) is 2.93. The van der Waals surface area contributed by atoms with Crippen LogP contribution in [0.4, 0.5) is 4.79 Å². The van der Waals surface area contributed by atoms with Crippen LogP contribution in [0.5, 0.6) is 5.75 Å². The molecule has 3 aromatic rings. The van der Waals surface area contributed by atoms with Crippen LogP contribution < -0.4 is 15.4 Å². The Morgan fingerprint density at radius 3 is 2.48 bits per heavy atom. The van der Waals surface area contributed by atoms with Crippen molar-refractivity contribution in [2.75, 3.05) is 13.7 Å². The van der Waals surface area contributed by atoms with Crippen LogP contribution in [0.25, 0.3) is 10.8 Å². The van der Waals surface area contributed by atoms with E-state index in [0.29, 0.717) is 5.56 Å². The first kappa shape index (κ1) is 20.4. The van der Waals surface area contributed by atoms with Crippen molar-refractivity contribution in [1.29, 1.82) is 0 Å². The van der Waals surface area contributed by atoms with Crippen molar-refractivity contribution in [2.45, 2.75) is 19.0 Å². The van der Waals surface area contributed by atoms with Gasteiger partial charge in [0.15, 0.2) is 0 Å². The molecule has 31 heavy (non-hydrogen) atoms. The van der Waals surface area contributed by atoms with Gasteiger partial charge < -0.3 is 15.4 Å². The van der Waals surface area contributed by atoms with E-state index in [-0.39, 0.29) is 13.1 Å². The third-order valence-corrected chi connectivity index (χ3v) is 5.55. The molecule has 0 bridgehead atoms. The smallest absolute Gasteiger partial charge is 0.325 e. The Morgan fingerprint density at radius 2 is 1.74 bits per heavy atom. The number of nitrogens with one attached hydrogen (secondary N) is 2. The highest BCUT2D eigenvalue weighted by Crippen LogP contribution is 2.33. The summed E-state index contributed by atoms with van der Waals surface area (Å²) >= 11 is 0. The highest BCUT2D eigenvalue weighted by molar-refractivity contribution is 6.10. The molecule has 1 atom stereocenters. The molecule has 0 radical (unpaired) electrons. The lowest BCUT2D eigenvalue weighted by molar-refractivity contribution is -0.134. The second kappa shape index (κ2) is 8.10.